The van der Waals surface area contributed by atoms with Crippen LogP contribution in [0.5, 0.6) is 0 Å². The summed E-state index contributed by atoms with van der Waals surface area (Å²) in [5, 5.41) is 2.74. The van der Waals surface area contributed by atoms with Crippen molar-refractivity contribution in [2.24, 2.45) is 0 Å². The van der Waals surface area contributed by atoms with E-state index in [1.807, 2.05) is 0 Å². The topological polar surface area (TPSA) is 62.0 Å². The van der Waals surface area contributed by atoms with Gasteiger partial charge in [-0.05, 0) is 18.6 Å². The maximum absolute atomic E-state index is 11.6. The molecule has 4 nitrogen and oxygen atoms in total. The number of unbranched alkanes of at least 4 members (excludes halogenated alkanes) is 3. The highest BCUT2D eigenvalue weighted by Crippen LogP contribution is 1.97. The summed E-state index contributed by atoms with van der Waals surface area (Å²) < 4.78 is 0. The van der Waals surface area contributed by atoms with Crippen molar-refractivity contribution in [3.63, 3.8) is 0 Å². The first kappa shape index (κ1) is 12.5. The molecule has 0 aliphatic heterocycles. The zero-order valence-corrected chi connectivity index (χ0v) is 9.58. The Hall–Kier alpha value is -1.58. The maximum atomic E-state index is 11.6. The van der Waals surface area contributed by atoms with Crippen LogP contribution in [0.3, 0.4) is 0 Å². The van der Waals surface area contributed by atoms with Gasteiger partial charge in [0.05, 0.1) is 0 Å². The summed E-state index contributed by atoms with van der Waals surface area (Å²) in [7, 11) is 0. The minimum absolute atomic E-state index is 0.179. The fourth-order valence-corrected chi connectivity index (χ4v) is 1.45. The second kappa shape index (κ2) is 6.82. The molecule has 88 valence electrons. The van der Waals surface area contributed by atoms with Gasteiger partial charge in [0, 0.05) is 12.7 Å². The number of H-pyrrole nitrogens is 1. The van der Waals surface area contributed by atoms with E-state index >= 15 is 0 Å². The van der Waals surface area contributed by atoms with Gasteiger partial charge < -0.3 is 10.3 Å². The summed E-state index contributed by atoms with van der Waals surface area (Å²) in [5.41, 5.74) is -0.161. The van der Waals surface area contributed by atoms with Gasteiger partial charge in [-0.25, -0.2) is 0 Å². The van der Waals surface area contributed by atoms with Crippen molar-refractivity contribution in [2.45, 2.75) is 32.6 Å². The number of amides is 1. The molecule has 0 aliphatic carbocycles. The highest BCUT2D eigenvalue weighted by Gasteiger charge is 2.07. The van der Waals surface area contributed by atoms with Crippen LogP contribution >= 0.6 is 0 Å². The molecule has 0 fully saturated rings. The summed E-state index contributed by atoms with van der Waals surface area (Å²) in [6.07, 6.45) is 5.95. The van der Waals surface area contributed by atoms with Crippen LogP contribution < -0.4 is 10.9 Å². The largest absolute Gasteiger partial charge is 0.352 e. The van der Waals surface area contributed by atoms with E-state index in [0.717, 1.165) is 12.8 Å². The van der Waals surface area contributed by atoms with Gasteiger partial charge in [0.15, 0.2) is 0 Å². The summed E-state index contributed by atoms with van der Waals surface area (Å²) in [6, 6.07) is 3.17. The third kappa shape index (κ3) is 3.88. The Bertz CT molecular complexity index is 385. The highest BCUT2D eigenvalue weighted by molar-refractivity contribution is 5.93. The van der Waals surface area contributed by atoms with E-state index in [1.165, 1.54) is 25.1 Å². The molecule has 1 rings (SSSR count). The van der Waals surface area contributed by atoms with Crippen LogP contribution in [0.25, 0.3) is 0 Å². The van der Waals surface area contributed by atoms with Crippen LogP contribution in [0.1, 0.15) is 43.0 Å². The summed E-state index contributed by atoms with van der Waals surface area (Å²) >= 11 is 0. The summed E-state index contributed by atoms with van der Waals surface area (Å²) in [6.45, 7) is 2.77. The maximum Gasteiger partial charge on any atom is 0.260 e. The van der Waals surface area contributed by atoms with Crippen molar-refractivity contribution in [2.75, 3.05) is 6.54 Å². The number of pyridine rings is 1. The van der Waals surface area contributed by atoms with E-state index in [0.29, 0.717) is 6.54 Å². The Morgan fingerprint density at radius 1 is 1.38 bits per heavy atom. The Balaban J connectivity index is 2.36. The summed E-state index contributed by atoms with van der Waals surface area (Å²) in [5.74, 6) is -0.293. The quantitative estimate of drug-likeness (QED) is 0.719. The molecule has 16 heavy (non-hydrogen) atoms. The third-order valence-electron chi connectivity index (χ3n) is 2.38. The molecule has 0 bridgehead atoms. The fourth-order valence-electron chi connectivity index (χ4n) is 1.45. The van der Waals surface area contributed by atoms with Gasteiger partial charge >= 0.3 is 0 Å². The molecule has 0 atom stereocenters. The molecule has 4 heteroatoms. The standard InChI is InChI=1S/C12H18N2O2/c1-2-3-4-5-8-13-11(15)10-7-6-9-14-12(10)16/h6-7,9H,2-5,8H2,1H3,(H,13,15)(H,14,16). The van der Waals surface area contributed by atoms with Crippen molar-refractivity contribution >= 4 is 5.91 Å². The Morgan fingerprint density at radius 3 is 2.88 bits per heavy atom. The number of carbonyl (C=O) groups excluding carboxylic acids is 1. The van der Waals surface area contributed by atoms with Crippen molar-refractivity contribution in [1.29, 1.82) is 0 Å². The number of aromatic nitrogens is 1. The van der Waals surface area contributed by atoms with Gasteiger partial charge in [-0.2, -0.15) is 0 Å². The van der Waals surface area contributed by atoms with Gasteiger partial charge in [-0.3, -0.25) is 9.59 Å². The lowest BCUT2D eigenvalue weighted by Crippen LogP contribution is -2.29. The molecule has 0 aliphatic rings. The predicted molar refractivity (Wildman–Crippen MR) is 63.5 cm³/mol. The first-order valence-electron chi connectivity index (χ1n) is 5.71. The molecule has 1 heterocycles. The number of hydrogen-bond donors (Lipinski definition) is 2. The highest BCUT2D eigenvalue weighted by atomic mass is 16.2. The van der Waals surface area contributed by atoms with E-state index < -0.39 is 0 Å². The normalized spacial score (nSPS) is 10.1. The number of nitrogens with one attached hydrogen (secondary N) is 2. The molecule has 2 N–H and O–H groups in total. The Kier molecular flexibility index (Phi) is 5.32. The SMILES string of the molecule is CCCCCCNC(=O)c1ccc[nH]c1=O. The lowest BCUT2D eigenvalue weighted by molar-refractivity contribution is 0.0951. The third-order valence-corrected chi connectivity index (χ3v) is 2.38. The second-order valence-corrected chi connectivity index (χ2v) is 3.73. The van der Waals surface area contributed by atoms with Gasteiger partial charge in [-0.15, -0.1) is 0 Å². The Morgan fingerprint density at radius 2 is 2.19 bits per heavy atom. The first-order valence-corrected chi connectivity index (χ1v) is 5.71. The average Bonchev–Trinajstić information content (AvgIpc) is 2.29. The predicted octanol–water partition coefficient (Wildman–Crippen LogP) is 1.68. The molecule has 0 unspecified atom stereocenters. The van der Waals surface area contributed by atoms with E-state index in [2.05, 4.69) is 17.2 Å². The molecule has 0 saturated heterocycles. The minimum Gasteiger partial charge on any atom is -0.352 e. The molecular formula is C12H18N2O2. The van der Waals surface area contributed by atoms with Crippen molar-refractivity contribution in [1.82, 2.24) is 10.3 Å². The van der Waals surface area contributed by atoms with Crippen molar-refractivity contribution in [3.8, 4) is 0 Å². The number of hydrogen-bond acceptors (Lipinski definition) is 2. The van der Waals surface area contributed by atoms with Gasteiger partial charge in [0.1, 0.15) is 5.56 Å². The Labute approximate surface area is 95.1 Å². The minimum atomic E-state index is -0.339. The fraction of sp³-hybridized carbons (Fsp3) is 0.500. The average molecular weight is 222 g/mol. The van der Waals surface area contributed by atoms with Crippen LogP contribution in [-0.4, -0.2) is 17.4 Å². The zero-order chi connectivity index (χ0) is 11.8. The van der Waals surface area contributed by atoms with Gasteiger partial charge in [-0.1, -0.05) is 26.2 Å². The monoisotopic (exact) mass is 222 g/mol. The summed E-state index contributed by atoms with van der Waals surface area (Å²) in [4.78, 5) is 25.3. The van der Waals surface area contributed by atoms with Crippen LogP contribution in [-0.2, 0) is 0 Å². The lowest BCUT2D eigenvalue weighted by Gasteiger charge is -2.03. The van der Waals surface area contributed by atoms with Crippen molar-refractivity contribution < 1.29 is 4.79 Å². The molecule has 1 aromatic heterocycles. The lowest BCUT2D eigenvalue weighted by atomic mass is 10.2. The van der Waals surface area contributed by atoms with E-state index in [4.69, 9.17) is 0 Å². The van der Waals surface area contributed by atoms with Crippen molar-refractivity contribution in [3.05, 3.63) is 34.2 Å². The molecule has 1 amide bonds. The molecule has 0 saturated carbocycles. The molecule has 0 aromatic carbocycles. The molecule has 0 radical (unpaired) electrons. The first-order chi connectivity index (χ1) is 7.75. The van der Waals surface area contributed by atoms with Gasteiger partial charge in [0.2, 0.25) is 0 Å². The van der Waals surface area contributed by atoms with E-state index in [9.17, 15) is 9.59 Å². The smallest absolute Gasteiger partial charge is 0.260 e. The van der Waals surface area contributed by atoms with E-state index in [1.54, 1.807) is 6.07 Å². The number of rotatable bonds is 6. The van der Waals surface area contributed by atoms with Crippen LogP contribution in [0.2, 0.25) is 0 Å². The zero-order valence-electron chi connectivity index (χ0n) is 9.58. The molecular weight excluding hydrogens is 204 g/mol. The number of carbonyl (C=O) groups is 1. The van der Waals surface area contributed by atoms with Crippen LogP contribution in [0, 0.1) is 0 Å². The second-order valence-electron chi connectivity index (χ2n) is 3.73. The molecule has 0 spiro atoms. The van der Waals surface area contributed by atoms with Gasteiger partial charge in [0.25, 0.3) is 11.5 Å². The number of aromatic amines is 1. The van der Waals surface area contributed by atoms with Crippen LogP contribution in [0.4, 0.5) is 0 Å². The molecule has 1 aromatic rings. The van der Waals surface area contributed by atoms with E-state index in [-0.39, 0.29) is 17.0 Å². The van der Waals surface area contributed by atoms with Crippen LogP contribution in [0.15, 0.2) is 23.1 Å².